The molecule has 23 heavy (non-hydrogen) atoms. The molecule has 2 heterocycles. The Morgan fingerprint density at radius 1 is 1.26 bits per heavy atom. The third-order valence-electron chi connectivity index (χ3n) is 3.26. The Kier molecular flexibility index (Phi) is 4.83. The minimum Gasteiger partial charge on any atom is -0.477 e. The highest BCUT2D eigenvalue weighted by molar-refractivity contribution is 7.18. The first-order valence-electron chi connectivity index (χ1n) is 7.48. The zero-order valence-corrected chi connectivity index (χ0v) is 13.6. The van der Waals surface area contributed by atoms with Crippen LogP contribution in [0.1, 0.15) is 22.3 Å². The number of para-hydroxylation sites is 1. The number of carbonyl (C=O) groups excluding carboxylic acids is 1. The van der Waals surface area contributed by atoms with E-state index in [4.69, 9.17) is 4.74 Å². The van der Waals surface area contributed by atoms with E-state index in [0.717, 1.165) is 10.5 Å². The monoisotopic (exact) mass is 327 g/mol. The Morgan fingerprint density at radius 2 is 2.13 bits per heavy atom. The van der Waals surface area contributed by atoms with Crippen molar-refractivity contribution >= 4 is 27.5 Å². The number of amides is 1. The number of ether oxygens (including phenoxy) is 1. The molecule has 0 bridgehead atoms. The van der Waals surface area contributed by atoms with Crippen molar-refractivity contribution in [1.82, 2.24) is 15.3 Å². The molecule has 0 aliphatic heterocycles. The fourth-order valence-corrected chi connectivity index (χ4v) is 3.19. The van der Waals surface area contributed by atoms with Gasteiger partial charge in [0.15, 0.2) is 0 Å². The highest BCUT2D eigenvalue weighted by Crippen LogP contribution is 2.21. The van der Waals surface area contributed by atoms with E-state index in [1.165, 1.54) is 4.70 Å². The van der Waals surface area contributed by atoms with Crippen molar-refractivity contribution < 1.29 is 9.53 Å². The van der Waals surface area contributed by atoms with Gasteiger partial charge in [-0.15, -0.1) is 11.3 Å². The number of rotatable bonds is 6. The molecule has 1 aromatic carbocycles. The lowest BCUT2D eigenvalue weighted by molar-refractivity contribution is 0.0949. The zero-order chi connectivity index (χ0) is 16.1. The second kappa shape index (κ2) is 7.19. The van der Waals surface area contributed by atoms with Crippen molar-refractivity contribution in [3.63, 3.8) is 0 Å². The summed E-state index contributed by atoms with van der Waals surface area (Å²) in [5, 5.41) is 3.91. The van der Waals surface area contributed by atoms with Crippen molar-refractivity contribution in [2.24, 2.45) is 0 Å². The molecule has 0 unspecified atom stereocenters. The molecule has 0 saturated carbocycles. The summed E-state index contributed by atoms with van der Waals surface area (Å²) in [6.07, 6.45) is 2.32. The maximum absolute atomic E-state index is 12.3. The number of nitrogens with zero attached hydrogens (tertiary/aromatic N) is 2. The fourth-order valence-electron chi connectivity index (χ4n) is 2.22. The summed E-state index contributed by atoms with van der Waals surface area (Å²) >= 11 is 1.66. The summed E-state index contributed by atoms with van der Waals surface area (Å²) in [4.78, 5) is 20.9. The molecular weight excluding hydrogens is 310 g/mol. The van der Waals surface area contributed by atoms with Gasteiger partial charge in [-0.25, -0.2) is 9.97 Å². The first-order chi connectivity index (χ1) is 11.3. The summed E-state index contributed by atoms with van der Waals surface area (Å²) in [7, 11) is 0. The van der Waals surface area contributed by atoms with E-state index in [2.05, 4.69) is 21.4 Å². The van der Waals surface area contributed by atoms with E-state index in [0.29, 0.717) is 31.0 Å². The summed E-state index contributed by atoms with van der Waals surface area (Å²) < 4.78 is 6.55. The second-order valence-electron chi connectivity index (χ2n) is 4.87. The van der Waals surface area contributed by atoms with Crippen LogP contribution in [0, 0.1) is 0 Å². The van der Waals surface area contributed by atoms with Gasteiger partial charge in [-0.2, -0.15) is 0 Å². The van der Waals surface area contributed by atoms with E-state index < -0.39 is 0 Å². The molecule has 0 aliphatic carbocycles. The molecule has 3 aromatic rings. The van der Waals surface area contributed by atoms with Gasteiger partial charge in [0.2, 0.25) is 5.88 Å². The number of pyridine rings is 1. The minimum atomic E-state index is -0.178. The molecule has 0 aliphatic rings. The molecule has 0 atom stereocenters. The molecule has 5 nitrogen and oxygen atoms in total. The maximum Gasteiger partial charge on any atom is 0.256 e. The van der Waals surface area contributed by atoms with Crippen LogP contribution in [-0.2, 0) is 6.42 Å². The van der Waals surface area contributed by atoms with E-state index in [-0.39, 0.29) is 5.91 Å². The second-order valence-corrected chi connectivity index (χ2v) is 5.99. The van der Waals surface area contributed by atoms with Gasteiger partial charge in [0.25, 0.3) is 5.91 Å². The highest BCUT2D eigenvalue weighted by Gasteiger charge is 2.13. The smallest absolute Gasteiger partial charge is 0.256 e. The van der Waals surface area contributed by atoms with Crippen LogP contribution < -0.4 is 10.1 Å². The molecule has 0 saturated heterocycles. The molecule has 3 rings (SSSR count). The molecule has 118 valence electrons. The minimum absolute atomic E-state index is 0.178. The lowest BCUT2D eigenvalue weighted by Gasteiger charge is -2.08. The molecule has 0 fully saturated rings. The summed E-state index contributed by atoms with van der Waals surface area (Å²) in [6, 6.07) is 11.5. The topological polar surface area (TPSA) is 64.1 Å². The number of nitrogens with one attached hydrogen (secondary N) is 1. The van der Waals surface area contributed by atoms with Gasteiger partial charge in [-0.1, -0.05) is 12.1 Å². The van der Waals surface area contributed by atoms with Crippen LogP contribution in [0.15, 0.2) is 42.6 Å². The Bertz CT molecular complexity index is 783. The Hall–Kier alpha value is -2.47. The third-order valence-corrected chi connectivity index (χ3v) is 4.36. The summed E-state index contributed by atoms with van der Waals surface area (Å²) in [6.45, 7) is 2.87. The van der Waals surface area contributed by atoms with Crippen molar-refractivity contribution in [2.45, 2.75) is 13.3 Å². The Labute approximate surface area is 138 Å². The summed E-state index contributed by atoms with van der Waals surface area (Å²) in [5.74, 6) is 0.190. The van der Waals surface area contributed by atoms with Gasteiger partial charge < -0.3 is 10.1 Å². The largest absolute Gasteiger partial charge is 0.477 e. The van der Waals surface area contributed by atoms with Crippen molar-refractivity contribution in [1.29, 1.82) is 0 Å². The van der Waals surface area contributed by atoms with E-state index in [1.54, 1.807) is 29.7 Å². The van der Waals surface area contributed by atoms with Gasteiger partial charge in [0.1, 0.15) is 5.56 Å². The van der Waals surface area contributed by atoms with Crippen LogP contribution in [0.25, 0.3) is 10.2 Å². The normalized spacial score (nSPS) is 10.7. The predicted octanol–water partition coefficient (Wildman–Crippen LogP) is 3.06. The van der Waals surface area contributed by atoms with Crippen LogP contribution in [0.4, 0.5) is 0 Å². The fraction of sp³-hybridized carbons (Fsp3) is 0.235. The lowest BCUT2D eigenvalue weighted by Crippen LogP contribution is -2.26. The first-order valence-corrected chi connectivity index (χ1v) is 8.30. The van der Waals surface area contributed by atoms with Crippen molar-refractivity contribution in [3.8, 4) is 5.88 Å². The zero-order valence-electron chi connectivity index (χ0n) is 12.8. The number of hydrogen-bond donors (Lipinski definition) is 1. The molecule has 1 N–H and O–H groups in total. The third kappa shape index (κ3) is 3.65. The van der Waals surface area contributed by atoms with Crippen molar-refractivity contribution in [2.75, 3.05) is 13.2 Å². The molecule has 2 aromatic heterocycles. The van der Waals surface area contributed by atoms with Gasteiger partial charge >= 0.3 is 0 Å². The first kappa shape index (κ1) is 15.4. The van der Waals surface area contributed by atoms with Gasteiger partial charge in [-0.3, -0.25) is 4.79 Å². The maximum atomic E-state index is 12.3. The van der Waals surface area contributed by atoms with E-state index >= 15 is 0 Å². The molecular formula is C17H17N3O2S. The molecule has 0 spiro atoms. The number of benzene rings is 1. The standard InChI is InChI=1S/C17H17N3O2S/c1-2-22-17-12(6-5-10-19-17)16(21)18-11-9-15-20-13-7-3-4-8-14(13)23-15/h3-8,10H,2,9,11H2,1H3,(H,18,21). The molecule has 1 amide bonds. The van der Waals surface area contributed by atoms with Gasteiger partial charge in [-0.05, 0) is 31.2 Å². The van der Waals surface area contributed by atoms with Crippen LogP contribution in [0.5, 0.6) is 5.88 Å². The van der Waals surface area contributed by atoms with E-state index in [1.807, 2.05) is 25.1 Å². The number of aromatic nitrogens is 2. The molecule has 0 radical (unpaired) electrons. The van der Waals surface area contributed by atoms with E-state index in [9.17, 15) is 4.79 Å². The SMILES string of the molecule is CCOc1ncccc1C(=O)NCCc1nc2ccccc2s1. The van der Waals surface area contributed by atoms with Crippen LogP contribution in [-0.4, -0.2) is 29.0 Å². The predicted molar refractivity (Wildman–Crippen MR) is 91.1 cm³/mol. The average Bonchev–Trinajstić information content (AvgIpc) is 2.98. The number of fused-ring (bicyclic) bond motifs is 1. The number of carbonyl (C=O) groups is 1. The Balaban J connectivity index is 1.61. The Morgan fingerprint density at radius 3 is 2.96 bits per heavy atom. The lowest BCUT2D eigenvalue weighted by atomic mass is 10.2. The number of thiazole rings is 1. The average molecular weight is 327 g/mol. The van der Waals surface area contributed by atoms with Gasteiger partial charge in [0, 0.05) is 19.2 Å². The highest BCUT2D eigenvalue weighted by atomic mass is 32.1. The summed E-state index contributed by atoms with van der Waals surface area (Å²) in [5.41, 5.74) is 1.46. The van der Waals surface area contributed by atoms with Crippen LogP contribution in [0.2, 0.25) is 0 Å². The molecule has 6 heteroatoms. The van der Waals surface area contributed by atoms with Crippen molar-refractivity contribution in [3.05, 3.63) is 53.2 Å². The van der Waals surface area contributed by atoms with Crippen LogP contribution >= 0.6 is 11.3 Å². The van der Waals surface area contributed by atoms with Crippen LogP contribution in [0.3, 0.4) is 0 Å². The van der Waals surface area contributed by atoms with Gasteiger partial charge in [0.05, 0.1) is 21.8 Å². The number of hydrogen-bond acceptors (Lipinski definition) is 5. The quantitative estimate of drug-likeness (QED) is 0.756.